The molecule has 5 heteroatoms. The second-order valence-electron chi connectivity index (χ2n) is 5.49. The van der Waals surface area contributed by atoms with E-state index in [-0.39, 0.29) is 5.82 Å². The van der Waals surface area contributed by atoms with Crippen LogP contribution in [0.4, 0.5) is 4.39 Å². The molecule has 1 aliphatic heterocycles. The van der Waals surface area contributed by atoms with Gasteiger partial charge in [-0.2, -0.15) is 0 Å². The molecule has 0 amide bonds. The third-order valence-electron chi connectivity index (χ3n) is 3.39. The van der Waals surface area contributed by atoms with E-state index in [0.717, 1.165) is 43.4 Å². The van der Waals surface area contributed by atoms with Crippen LogP contribution in [0.5, 0.6) is 0 Å². The molecule has 0 radical (unpaired) electrons. The molecule has 1 aliphatic rings. The predicted octanol–water partition coefficient (Wildman–Crippen LogP) is 2.23. The van der Waals surface area contributed by atoms with Crippen LogP contribution in [0, 0.1) is 5.82 Å². The highest BCUT2D eigenvalue weighted by Gasteiger charge is 2.19. The minimum atomic E-state index is -0.177. The van der Waals surface area contributed by atoms with Crippen molar-refractivity contribution >= 4 is 17.3 Å². The van der Waals surface area contributed by atoms with Crippen LogP contribution in [-0.4, -0.2) is 47.1 Å². The van der Waals surface area contributed by atoms with Gasteiger partial charge in [0, 0.05) is 38.8 Å². The Balaban J connectivity index is 1.79. The number of hydrogen-bond donors (Lipinski definition) is 1. The topological polar surface area (TPSA) is 18.5 Å². The van der Waals surface area contributed by atoms with E-state index in [1.165, 1.54) is 12.1 Å². The van der Waals surface area contributed by atoms with Gasteiger partial charge in [-0.1, -0.05) is 12.1 Å². The van der Waals surface area contributed by atoms with Crippen LogP contribution in [0.1, 0.15) is 19.4 Å². The highest BCUT2D eigenvalue weighted by atomic mass is 32.1. The first kappa shape index (κ1) is 15.2. The molecule has 0 saturated carbocycles. The van der Waals surface area contributed by atoms with Gasteiger partial charge < -0.3 is 10.2 Å². The first-order chi connectivity index (χ1) is 9.54. The molecule has 0 aromatic heterocycles. The van der Waals surface area contributed by atoms with E-state index in [1.54, 1.807) is 0 Å². The fraction of sp³-hybridized carbons (Fsp3) is 0.533. The Bertz CT molecular complexity index is 439. The Labute approximate surface area is 125 Å². The maximum absolute atomic E-state index is 12.9. The standard InChI is InChI=1S/C15H22FN3S/c1-12(2)17-15(20)19-9-7-18(8-10-19)11-13-3-5-14(16)6-4-13/h3-6,12H,7-11H2,1-2H3,(H,17,20). The molecule has 0 unspecified atom stereocenters. The Morgan fingerprint density at radius 1 is 1.20 bits per heavy atom. The highest BCUT2D eigenvalue weighted by molar-refractivity contribution is 7.80. The Morgan fingerprint density at radius 3 is 2.35 bits per heavy atom. The van der Waals surface area contributed by atoms with Crippen molar-refractivity contribution in [3.63, 3.8) is 0 Å². The normalized spacial score (nSPS) is 16.5. The number of hydrogen-bond acceptors (Lipinski definition) is 2. The number of nitrogens with one attached hydrogen (secondary N) is 1. The van der Waals surface area contributed by atoms with Crippen molar-refractivity contribution in [1.29, 1.82) is 0 Å². The predicted molar refractivity (Wildman–Crippen MR) is 84.1 cm³/mol. The summed E-state index contributed by atoms with van der Waals surface area (Å²) >= 11 is 5.39. The molecule has 110 valence electrons. The smallest absolute Gasteiger partial charge is 0.169 e. The van der Waals surface area contributed by atoms with E-state index >= 15 is 0 Å². The van der Waals surface area contributed by atoms with Crippen molar-refractivity contribution in [3.05, 3.63) is 35.6 Å². The van der Waals surface area contributed by atoms with E-state index in [2.05, 4.69) is 29.0 Å². The molecule has 20 heavy (non-hydrogen) atoms. The molecule has 0 atom stereocenters. The maximum atomic E-state index is 12.9. The number of rotatable bonds is 3. The van der Waals surface area contributed by atoms with Crippen LogP contribution < -0.4 is 5.32 Å². The molecule has 1 saturated heterocycles. The third-order valence-corrected chi connectivity index (χ3v) is 3.77. The van der Waals surface area contributed by atoms with Crippen molar-refractivity contribution in [2.45, 2.75) is 26.4 Å². The second kappa shape index (κ2) is 6.99. The van der Waals surface area contributed by atoms with Gasteiger partial charge in [0.1, 0.15) is 5.82 Å². The maximum Gasteiger partial charge on any atom is 0.169 e. The quantitative estimate of drug-likeness (QED) is 0.862. The van der Waals surface area contributed by atoms with Gasteiger partial charge in [-0.25, -0.2) is 4.39 Å². The average molecular weight is 295 g/mol. The summed E-state index contributed by atoms with van der Waals surface area (Å²) in [5.41, 5.74) is 1.16. The Morgan fingerprint density at radius 2 is 1.80 bits per heavy atom. The minimum Gasteiger partial charge on any atom is -0.360 e. The molecule has 0 spiro atoms. The van der Waals surface area contributed by atoms with Gasteiger partial charge in [-0.05, 0) is 43.8 Å². The molecular weight excluding hydrogens is 273 g/mol. The van der Waals surface area contributed by atoms with Crippen molar-refractivity contribution in [2.75, 3.05) is 26.2 Å². The molecule has 1 fully saturated rings. The van der Waals surface area contributed by atoms with Crippen LogP contribution in [0.2, 0.25) is 0 Å². The Hall–Kier alpha value is -1.20. The average Bonchev–Trinajstić information content (AvgIpc) is 2.41. The van der Waals surface area contributed by atoms with Crippen molar-refractivity contribution in [2.24, 2.45) is 0 Å². The molecule has 2 rings (SSSR count). The van der Waals surface area contributed by atoms with E-state index in [4.69, 9.17) is 12.2 Å². The van der Waals surface area contributed by atoms with Gasteiger partial charge in [0.2, 0.25) is 0 Å². The molecule has 3 nitrogen and oxygen atoms in total. The third kappa shape index (κ3) is 4.42. The second-order valence-corrected chi connectivity index (χ2v) is 5.88. The molecule has 1 N–H and O–H groups in total. The number of halogens is 1. The fourth-order valence-electron chi connectivity index (χ4n) is 2.30. The van der Waals surface area contributed by atoms with Gasteiger partial charge in [0.15, 0.2) is 5.11 Å². The van der Waals surface area contributed by atoms with Crippen LogP contribution in [-0.2, 0) is 6.54 Å². The SMILES string of the molecule is CC(C)NC(=S)N1CCN(Cc2ccc(F)cc2)CC1. The van der Waals surface area contributed by atoms with Crippen molar-refractivity contribution < 1.29 is 4.39 Å². The molecule has 0 aliphatic carbocycles. The zero-order valence-electron chi connectivity index (χ0n) is 12.1. The molecule has 0 bridgehead atoms. The van der Waals surface area contributed by atoms with E-state index < -0.39 is 0 Å². The van der Waals surface area contributed by atoms with Crippen LogP contribution in [0.15, 0.2) is 24.3 Å². The molecule has 1 heterocycles. The summed E-state index contributed by atoms with van der Waals surface area (Å²) in [5, 5.41) is 4.13. The lowest BCUT2D eigenvalue weighted by molar-refractivity contribution is 0.174. The van der Waals surface area contributed by atoms with Gasteiger partial charge in [-0.15, -0.1) is 0 Å². The minimum absolute atomic E-state index is 0.177. The monoisotopic (exact) mass is 295 g/mol. The van der Waals surface area contributed by atoms with Gasteiger partial charge >= 0.3 is 0 Å². The van der Waals surface area contributed by atoms with E-state index in [1.807, 2.05) is 12.1 Å². The summed E-state index contributed by atoms with van der Waals surface area (Å²) in [6.45, 7) is 8.92. The van der Waals surface area contributed by atoms with E-state index in [9.17, 15) is 4.39 Å². The molecular formula is C15H22FN3S. The van der Waals surface area contributed by atoms with Crippen molar-refractivity contribution in [3.8, 4) is 0 Å². The summed E-state index contributed by atoms with van der Waals surface area (Å²) in [6.07, 6.45) is 0. The molecule has 1 aromatic carbocycles. The Kier molecular flexibility index (Phi) is 5.31. The lowest BCUT2D eigenvalue weighted by Gasteiger charge is -2.36. The summed E-state index contributed by atoms with van der Waals surface area (Å²) < 4.78 is 12.9. The lowest BCUT2D eigenvalue weighted by Crippen LogP contribution is -2.52. The number of nitrogens with zero attached hydrogens (tertiary/aromatic N) is 2. The van der Waals surface area contributed by atoms with Crippen LogP contribution in [0.25, 0.3) is 0 Å². The lowest BCUT2D eigenvalue weighted by atomic mass is 10.2. The molecule has 1 aromatic rings. The zero-order valence-corrected chi connectivity index (χ0v) is 12.9. The fourth-order valence-corrected chi connectivity index (χ4v) is 2.71. The number of piperazine rings is 1. The number of benzene rings is 1. The van der Waals surface area contributed by atoms with Crippen LogP contribution >= 0.6 is 12.2 Å². The summed E-state index contributed by atoms with van der Waals surface area (Å²) in [4.78, 5) is 4.60. The summed E-state index contributed by atoms with van der Waals surface area (Å²) in [7, 11) is 0. The van der Waals surface area contributed by atoms with Gasteiger partial charge in [0.05, 0.1) is 0 Å². The first-order valence-electron chi connectivity index (χ1n) is 7.07. The van der Waals surface area contributed by atoms with E-state index in [0.29, 0.717) is 6.04 Å². The summed E-state index contributed by atoms with van der Waals surface area (Å²) in [6, 6.07) is 7.12. The van der Waals surface area contributed by atoms with Gasteiger partial charge in [-0.3, -0.25) is 4.90 Å². The summed E-state index contributed by atoms with van der Waals surface area (Å²) in [5.74, 6) is -0.177. The zero-order chi connectivity index (χ0) is 14.5. The first-order valence-corrected chi connectivity index (χ1v) is 7.47. The van der Waals surface area contributed by atoms with Gasteiger partial charge in [0.25, 0.3) is 0 Å². The van der Waals surface area contributed by atoms with Crippen LogP contribution in [0.3, 0.4) is 0 Å². The highest BCUT2D eigenvalue weighted by Crippen LogP contribution is 2.10. The van der Waals surface area contributed by atoms with Crippen molar-refractivity contribution in [1.82, 2.24) is 15.1 Å². The largest absolute Gasteiger partial charge is 0.360 e. The number of thiocarbonyl (C=S) groups is 1.